The molecule has 0 aliphatic carbocycles. The Kier molecular flexibility index (Phi) is 4.05. The van der Waals surface area contributed by atoms with Gasteiger partial charge >= 0.3 is 0 Å². The lowest BCUT2D eigenvalue weighted by molar-refractivity contribution is -0.132. The Morgan fingerprint density at radius 2 is 2.10 bits per heavy atom. The molecule has 1 aliphatic rings. The molecule has 20 heavy (non-hydrogen) atoms. The highest BCUT2D eigenvalue weighted by molar-refractivity contribution is 5.80. The van der Waals surface area contributed by atoms with Crippen molar-refractivity contribution in [2.75, 3.05) is 0 Å². The molecule has 1 saturated heterocycles. The average Bonchev–Trinajstić information content (AvgIpc) is 2.90. The van der Waals surface area contributed by atoms with Gasteiger partial charge in [0.05, 0.1) is 12.6 Å². The Bertz CT molecular complexity index is 633. The van der Waals surface area contributed by atoms with Gasteiger partial charge in [-0.1, -0.05) is 0 Å². The highest BCUT2D eigenvalue weighted by Gasteiger charge is 2.30. The Morgan fingerprint density at radius 3 is 2.75 bits per heavy atom. The first-order chi connectivity index (χ1) is 9.43. The zero-order valence-corrected chi connectivity index (χ0v) is 11.4. The van der Waals surface area contributed by atoms with Gasteiger partial charge in [0.1, 0.15) is 6.10 Å². The smallest absolute Gasteiger partial charge is 0.268 e. The number of carbonyl (C=O) groups is 1. The van der Waals surface area contributed by atoms with Crippen molar-refractivity contribution in [1.82, 2.24) is 15.2 Å². The van der Waals surface area contributed by atoms with Gasteiger partial charge < -0.3 is 4.74 Å². The van der Waals surface area contributed by atoms with Crippen LogP contribution in [0.3, 0.4) is 0 Å². The van der Waals surface area contributed by atoms with Crippen molar-refractivity contribution in [2.45, 2.75) is 45.4 Å². The van der Waals surface area contributed by atoms with Gasteiger partial charge in [0.15, 0.2) is 0 Å². The zero-order valence-electron chi connectivity index (χ0n) is 11.4. The summed E-state index contributed by atoms with van der Waals surface area (Å²) >= 11 is 0. The summed E-state index contributed by atoms with van der Waals surface area (Å²) in [7, 11) is 0. The summed E-state index contributed by atoms with van der Waals surface area (Å²) in [6, 6.07) is 0. The lowest BCUT2D eigenvalue weighted by Gasteiger charge is -2.14. The molecule has 1 aromatic heterocycles. The lowest BCUT2D eigenvalue weighted by Crippen LogP contribution is -2.40. The molecule has 0 spiro atoms. The maximum Gasteiger partial charge on any atom is 0.268 e. The molecule has 8 heteroatoms. The van der Waals surface area contributed by atoms with E-state index in [2.05, 4.69) is 5.10 Å². The van der Waals surface area contributed by atoms with E-state index in [1.807, 2.05) is 5.43 Å². The van der Waals surface area contributed by atoms with E-state index in [-0.39, 0.29) is 29.7 Å². The molecule has 0 radical (unpaired) electrons. The third-order valence-electron chi connectivity index (χ3n) is 3.63. The number of aromatic amines is 1. The molecule has 110 valence electrons. The van der Waals surface area contributed by atoms with Crippen molar-refractivity contribution >= 4 is 5.91 Å². The monoisotopic (exact) mass is 282 g/mol. The van der Waals surface area contributed by atoms with Crippen LogP contribution in [-0.2, 0) is 16.1 Å². The minimum Gasteiger partial charge on any atom is -0.363 e. The van der Waals surface area contributed by atoms with Gasteiger partial charge in [-0.05, 0) is 26.7 Å². The average molecular weight is 282 g/mol. The van der Waals surface area contributed by atoms with Crippen LogP contribution in [0.2, 0.25) is 0 Å². The Morgan fingerprint density at radius 1 is 1.40 bits per heavy atom. The van der Waals surface area contributed by atoms with Gasteiger partial charge in [0.25, 0.3) is 17.0 Å². The van der Waals surface area contributed by atoms with E-state index in [0.717, 1.165) is 0 Å². The van der Waals surface area contributed by atoms with Crippen LogP contribution >= 0.6 is 0 Å². The van der Waals surface area contributed by atoms with Gasteiger partial charge in [0.2, 0.25) is 0 Å². The maximum absolute atomic E-state index is 12.0. The summed E-state index contributed by atoms with van der Waals surface area (Å²) in [6.07, 6.45) is 0.267. The molecule has 1 amide bonds. The first kappa shape index (κ1) is 14.5. The Balaban J connectivity index is 2.15. The molecule has 8 nitrogen and oxygen atoms in total. The molecular weight excluding hydrogens is 264 g/mol. The molecule has 0 saturated carbocycles. The van der Waals surface area contributed by atoms with Crippen molar-refractivity contribution in [3.8, 4) is 0 Å². The number of aromatic nitrogens is 2. The van der Waals surface area contributed by atoms with Crippen LogP contribution in [0, 0.1) is 13.8 Å². The van der Waals surface area contributed by atoms with E-state index < -0.39 is 6.10 Å². The fourth-order valence-electron chi connectivity index (χ4n) is 2.25. The molecule has 0 aromatic carbocycles. The molecule has 2 atom stereocenters. The Hall–Kier alpha value is -1.93. The first-order valence-corrected chi connectivity index (χ1v) is 6.40. The molecule has 2 rings (SSSR count). The number of ether oxygens (including phenoxy) is 1. The number of nitrogens with one attached hydrogen (secondary N) is 2. The van der Waals surface area contributed by atoms with Crippen molar-refractivity contribution in [2.24, 2.45) is 5.84 Å². The van der Waals surface area contributed by atoms with E-state index in [0.29, 0.717) is 24.0 Å². The summed E-state index contributed by atoms with van der Waals surface area (Å²) in [4.78, 5) is 35.1. The summed E-state index contributed by atoms with van der Waals surface area (Å²) in [5, 5.41) is 2.51. The second kappa shape index (κ2) is 5.59. The van der Waals surface area contributed by atoms with E-state index in [9.17, 15) is 14.4 Å². The molecule has 2 unspecified atom stereocenters. The second-order valence-electron chi connectivity index (χ2n) is 4.94. The van der Waals surface area contributed by atoms with Crippen LogP contribution in [0.15, 0.2) is 9.59 Å². The molecule has 1 aromatic rings. The van der Waals surface area contributed by atoms with Crippen LogP contribution < -0.4 is 22.4 Å². The van der Waals surface area contributed by atoms with Gasteiger partial charge in [-0.3, -0.25) is 24.9 Å². The van der Waals surface area contributed by atoms with Gasteiger partial charge in [0, 0.05) is 11.1 Å². The van der Waals surface area contributed by atoms with Crippen LogP contribution in [-0.4, -0.2) is 27.9 Å². The normalized spacial score (nSPS) is 21.9. The number of hydrogen-bond acceptors (Lipinski definition) is 5. The third-order valence-corrected chi connectivity index (χ3v) is 3.63. The van der Waals surface area contributed by atoms with Gasteiger partial charge in [-0.2, -0.15) is 0 Å². The van der Waals surface area contributed by atoms with Crippen molar-refractivity contribution in [1.29, 1.82) is 0 Å². The molecule has 0 bridgehead atoms. The van der Waals surface area contributed by atoms with Gasteiger partial charge in [-0.15, -0.1) is 0 Å². The lowest BCUT2D eigenvalue weighted by atomic mass is 10.2. The predicted molar refractivity (Wildman–Crippen MR) is 71.0 cm³/mol. The number of nitrogens with zero attached hydrogens (tertiary/aromatic N) is 1. The summed E-state index contributed by atoms with van der Waals surface area (Å²) in [6.45, 7) is 3.43. The van der Waals surface area contributed by atoms with Crippen LogP contribution in [0.25, 0.3) is 0 Å². The second-order valence-corrected chi connectivity index (χ2v) is 4.94. The summed E-state index contributed by atoms with van der Waals surface area (Å²) < 4.78 is 6.74. The van der Waals surface area contributed by atoms with Crippen LogP contribution in [0.5, 0.6) is 0 Å². The number of carbonyl (C=O) groups excluding carboxylic acids is 1. The topological polar surface area (TPSA) is 119 Å². The van der Waals surface area contributed by atoms with Crippen molar-refractivity contribution < 1.29 is 9.53 Å². The molecule has 4 N–H and O–H groups in total. The SMILES string of the molecule is Cc1c(C)c(=O)n(CC2CCC(C(=O)NN)O2)[nH]c1=O. The standard InChI is InChI=1S/C12H18N4O4/c1-6-7(2)12(19)16(15-10(6)17)5-8-3-4-9(20-8)11(18)14-13/h8-9H,3-5,13H2,1-2H3,(H,14,18)(H,15,17). The molecule has 1 aliphatic heterocycles. The highest BCUT2D eigenvalue weighted by Crippen LogP contribution is 2.20. The number of H-pyrrole nitrogens is 1. The van der Waals surface area contributed by atoms with E-state index in [1.54, 1.807) is 13.8 Å². The predicted octanol–water partition coefficient (Wildman–Crippen LogP) is -1.31. The summed E-state index contributed by atoms with van der Waals surface area (Å²) in [5.74, 6) is 4.67. The quantitative estimate of drug-likeness (QED) is 0.361. The molecular formula is C12H18N4O4. The van der Waals surface area contributed by atoms with E-state index >= 15 is 0 Å². The van der Waals surface area contributed by atoms with Crippen molar-refractivity contribution in [3.05, 3.63) is 31.8 Å². The van der Waals surface area contributed by atoms with E-state index in [4.69, 9.17) is 10.6 Å². The third kappa shape index (κ3) is 2.66. The number of hydrazine groups is 1. The fourth-order valence-corrected chi connectivity index (χ4v) is 2.25. The number of hydrogen-bond donors (Lipinski definition) is 3. The van der Waals surface area contributed by atoms with Gasteiger partial charge in [-0.25, -0.2) is 10.5 Å². The number of rotatable bonds is 3. The maximum atomic E-state index is 12.0. The minimum absolute atomic E-state index is 0.212. The number of amides is 1. The molecule has 2 heterocycles. The fraction of sp³-hybridized carbons (Fsp3) is 0.583. The zero-order chi connectivity index (χ0) is 14.9. The minimum atomic E-state index is -0.598. The van der Waals surface area contributed by atoms with Crippen LogP contribution in [0.4, 0.5) is 0 Å². The highest BCUT2D eigenvalue weighted by atomic mass is 16.5. The van der Waals surface area contributed by atoms with Crippen LogP contribution in [0.1, 0.15) is 24.0 Å². The van der Waals surface area contributed by atoms with Crippen molar-refractivity contribution in [3.63, 3.8) is 0 Å². The molecule has 1 fully saturated rings. The van der Waals surface area contributed by atoms with E-state index in [1.165, 1.54) is 4.68 Å². The first-order valence-electron chi connectivity index (χ1n) is 6.40. The summed E-state index contributed by atoms with van der Waals surface area (Å²) in [5.41, 5.74) is 2.33. The Labute approximate surface area is 114 Å². The number of nitrogens with two attached hydrogens (primary N) is 1. The largest absolute Gasteiger partial charge is 0.363 e.